The second-order valence-electron chi connectivity index (χ2n) is 4.18. The first kappa shape index (κ1) is 15.0. The van der Waals surface area contributed by atoms with Crippen LogP contribution in [0.1, 0.15) is 28.8 Å². The predicted molar refractivity (Wildman–Crippen MR) is 67.5 cm³/mol. The molecule has 0 saturated carbocycles. The lowest BCUT2D eigenvalue weighted by Crippen LogP contribution is -2.10. The van der Waals surface area contributed by atoms with Gasteiger partial charge in [-0.15, -0.1) is 0 Å². The Morgan fingerprint density at radius 2 is 2.14 bits per heavy atom. The first-order valence-electron chi connectivity index (χ1n) is 6.11. The van der Waals surface area contributed by atoms with Gasteiger partial charge in [0.25, 0.3) is 0 Å². The van der Waals surface area contributed by atoms with Crippen LogP contribution in [0.4, 0.5) is 13.2 Å². The molecule has 0 bridgehead atoms. The molecule has 1 N–H and O–H groups in total. The quantitative estimate of drug-likeness (QED) is 0.885. The van der Waals surface area contributed by atoms with E-state index in [1.54, 1.807) is 6.92 Å². The third kappa shape index (κ3) is 3.04. The topological polar surface area (TPSA) is 67.9 Å². The highest BCUT2D eigenvalue weighted by Crippen LogP contribution is 2.34. The second kappa shape index (κ2) is 5.55. The van der Waals surface area contributed by atoms with Crippen LogP contribution < -0.4 is 0 Å². The zero-order chi connectivity index (χ0) is 15.6. The van der Waals surface area contributed by atoms with Crippen molar-refractivity contribution in [2.75, 3.05) is 6.61 Å². The van der Waals surface area contributed by atoms with E-state index in [0.29, 0.717) is 5.69 Å². The summed E-state index contributed by atoms with van der Waals surface area (Å²) in [6, 6.07) is 2.61. The molecule has 2 aromatic heterocycles. The largest absolute Gasteiger partial charge is 0.461 e. The standard InChI is InChI=1S/C13H12F3N3O2/c1-3-21-12(20)9-7(2)18-11(19-9)8-5-4-6-17-10(8)13(14,15)16/h4-6H,3H2,1-2H3,(H,18,19). The number of halogens is 3. The Balaban J connectivity index is 2.50. The number of hydrogen-bond donors (Lipinski definition) is 1. The van der Waals surface area contributed by atoms with Gasteiger partial charge < -0.3 is 9.72 Å². The molecule has 0 unspecified atom stereocenters. The van der Waals surface area contributed by atoms with E-state index in [2.05, 4.69) is 15.0 Å². The number of nitrogens with zero attached hydrogens (tertiary/aromatic N) is 2. The predicted octanol–water partition coefficient (Wildman–Crippen LogP) is 2.98. The van der Waals surface area contributed by atoms with Crippen molar-refractivity contribution in [3.8, 4) is 11.4 Å². The number of aromatic amines is 1. The Morgan fingerprint density at radius 1 is 1.43 bits per heavy atom. The molecule has 0 radical (unpaired) electrons. The maximum atomic E-state index is 12.9. The van der Waals surface area contributed by atoms with E-state index >= 15 is 0 Å². The first-order chi connectivity index (χ1) is 9.84. The van der Waals surface area contributed by atoms with E-state index in [-0.39, 0.29) is 23.7 Å². The summed E-state index contributed by atoms with van der Waals surface area (Å²) in [6.45, 7) is 3.32. The summed E-state index contributed by atoms with van der Waals surface area (Å²) in [6.07, 6.45) is -3.56. The fraction of sp³-hybridized carbons (Fsp3) is 0.308. The van der Waals surface area contributed by atoms with Gasteiger partial charge in [0, 0.05) is 17.5 Å². The minimum atomic E-state index is -4.61. The number of imidazole rings is 1. The van der Waals surface area contributed by atoms with Gasteiger partial charge >= 0.3 is 12.1 Å². The summed E-state index contributed by atoms with van der Waals surface area (Å²) in [5.41, 5.74) is -0.984. The summed E-state index contributed by atoms with van der Waals surface area (Å²) in [5, 5.41) is 0. The molecule has 0 aliphatic rings. The molecule has 0 aromatic carbocycles. The lowest BCUT2D eigenvalue weighted by Gasteiger charge is -2.09. The minimum Gasteiger partial charge on any atom is -0.461 e. The molecule has 0 saturated heterocycles. The molecule has 0 amide bonds. The van der Waals surface area contributed by atoms with Crippen molar-refractivity contribution in [2.24, 2.45) is 0 Å². The first-order valence-corrected chi connectivity index (χ1v) is 6.11. The number of carbonyl (C=O) groups excluding carboxylic acids is 1. The van der Waals surface area contributed by atoms with Crippen LogP contribution in [0.25, 0.3) is 11.4 Å². The number of carbonyl (C=O) groups is 1. The van der Waals surface area contributed by atoms with E-state index in [0.717, 1.165) is 6.20 Å². The zero-order valence-corrected chi connectivity index (χ0v) is 11.3. The summed E-state index contributed by atoms with van der Waals surface area (Å²) >= 11 is 0. The monoisotopic (exact) mass is 299 g/mol. The Kier molecular flexibility index (Phi) is 3.97. The second-order valence-corrected chi connectivity index (χ2v) is 4.18. The van der Waals surface area contributed by atoms with Crippen molar-refractivity contribution in [2.45, 2.75) is 20.0 Å². The van der Waals surface area contributed by atoms with Crippen molar-refractivity contribution in [1.29, 1.82) is 0 Å². The Morgan fingerprint density at radius 3 is 2.76 bits per heavy atom. The number of H-pyrrole nitrogens is 1. The number of hydrogen-bond acceptors (Lipinski definition) is 4. The molecule has 0 spiro atoms. The molecule has 8 heteroatoms. The van der Waals surface area contributed by atoms with Crippen molar-refractivity contribution in [3.63, 3.8) is 0 Å². The van der Waals surface area contributed by atoms with Crippen LogP contribution in [-0.4, -0.2) is 27.5 Å². The van der Waals surface area contributed by atoms with Gasteiger partial charge in [-0.1, -0.05) is 0 Å². The van der Waals surface area contributed by atoms with Gasteiger partial charge in [0.1, 0.15) is 5.82 Å². The third-order valence-electron chi connectivity index (χ3n) is 2.68. The SMILES string of the molecule is CCOC(=O)c1nc(-c2cccnc2C(F)(F)F)[nH]c1C. The van der Waals surface area contributed by atoms with E-state index in [1.807, 2.05) is 0 Å². The summed E-state index contributed by atoms with van der Waals surface area (Å²) in [7, 11) is 0. The van der Waals surface area contributed by atoms with Gasteiger partial charge in [-0.2, -0.15) is 13.2 Å². The number of aromatic nitrogens is 3. The van der Waals surface area contributed by atoms with Gasteiger partial charge in [0.2, 0.25) is 0 Å². The van der Waals surface area contributed by atoms with E-state index < -0.39 is 17.8 Å². The number of aryl methyl sites for hydroxylation is 1. The molecule has 0 aliphatic heterocycles. The maximum absolute atomic E-state index is 12.9. The number of alkyl halides is 3. The molecule has 0 aliphatic carbocycles. The normalized spacial score (nSPS) is 11.5. The minimum absolute atomic E-state index is 0.0381. The van der Waals surface area contributed by atoms with Crippen molar-refractivity contribution in [1.82, 2.24) is 15.0 Å². The van der Waals surface area contributed by atoms with Gasteiger partial charge in [-0.3, -0.25) is 4.98 Å². The molecule has 5 nitrogen and oxygen atoms in total. The Hall–Kier alpha value is -2.38. The fourth-order valence-corrected chi connectivity index (χ4v) is 1.81. The van der Waals surface area contributed by atoms with Crippen LogP contribution in [0.3, 0.4) is 0 Å². The van der Waals surface area contributed by atoms with E-state index in [1.165, 1.54) is 19.1 Å². The molecule has 0 atom stereocenters. The van der Waals surface area contributed by atoms with E-state index in [4.69, 9.17) is 4.74 Å². The van der Waals surface area contributed by atoms with Crippen molar-refractivity contribution >= 4 is 5.97 Å². The molecular formula is C13H12F3N3O2. The van der Waals surface area contributed by atoms with Crippen LogP contribution >= 0.6 is 0 Å². The average Bonchev–Trinajstić information content (AvgIpc) is 2.80. The number of pyridine rings is 1. The average molecular weight is 299 g/mol. The van der Waals surface area contributed by atoms with Crippen molar-refractivity contribution in [3.05, 3.63) is 35.4 Å². The van der Waals surface area contributed by atoms with Gasteiger partial charge in [0.15, 0.2) is 11.4 Å². The Bertz CT molecular complexity index is 665. The van der Waals surface area contributed by atoms with Gasteiger partial charge in [0.05, 0.1) is 6.61 Å². The number of ether oxygens (including phenoxy) is 1. The van der Waals surface area contributed by atoms with Crippen LogP contribution in [0.2, 0.25) is 0 Å². The molecule has 2 aromatic rings. The van der Waals surface area contributed by atoms with Crippen LogP contribution in [0.15, 0.2) is 18.3 Å². The number of nitrogens with one attached hydrogen (secondary N) is 1. The number of esters is 1. The molecule has 112 valence electrons. The Labute approximate surface area is 118 Å². The lowest BCUT2D eigenvalue weighted by molar-refractivity contribution is -0.140. The smallest absolute Gasteiger partial charge is 0.434 e. The van der Waals surface area contributed by atoms with Crippen molar-refractivity contribution < 1.29 is 22.7 Å². The molecule has 21 heavy (non-hydrogen) atoms. The van der Waals surface area contributed by atoms with Crippen LogP contribution in [0.5, 0.6) is 0 Å². The lowest BCUT2D eigenvalue weighted by atomic mass is 10.2. The zero-order valence-electron chi connectivity index (χ0n) is 11.3. The highest BCUT2D eigenvalue weighted by Gasteiger charge is 2.36. The highest BCUT2D eigenvalue weighted by atomic mass is 19.4. The molecule has 2 rings (SSSR count). The maximum Gasteiger partial charge on any atom is 0.434 e. The summed E-state index contributed by atoms with van der Waals surface area (Å²) in [4.78, 5) is 21.6. The van der Waals surface area contributed by atoms with Crippen LogP contribution in [0, 0.1) is 6.92 Å². The summed E-state index contributed by atoms with van der Waals surface area (Å²) < 4.78 is 43.6. The van der Waals surface area contributed by atoms with Crippen LogP contribution in [-0.2, 0) is 10.9 Å². The third-order valence-corrected chi connectivity index (χ3v) is 2.68. The van der Waals surface area contributed by atoms with Gasteiger partial charge in [-0.25, -0.2) is 9.78 Å². The molecule has 0 fully saturated rings. The highest BCUT2D eigenvalue weighted by molar-refractivity contribution is 5.89. The fourth-order valence-electron chi connectivity index (χ4n) is 1.81. The molecule has 2 heterocycles. The van der Waals surface area contributed by atoms with Gasteiger partial charge in [-0.05, 0) is 26.0 Å². The summed E-state index contributed by atoms with van der Waals surface area (Å²) in [5.74, 6) is -0.758. The molecular weight excluding hydrogens is 287 g/mol. The van der Waals surface area contributed by atoms with E-state index in [9.17, 15) is 18.0 Å². The number of rotatable bonds is 3.